The third-order valence-electron chi connectivity index (χ3n) is 4.23. The molecule has 2 aliphatic rings. The molecule has 0 aromatic carbocycles. The van der Waals surface area contributed by atoms with Crippen molar-refractivity contribution in [1.29, 1.82) is 0 Å². The molecule has 2 saturated heterocycles. The van der Waals surface area contributed by atoms with Gasteiger partial charge in [0, 0.05) is 7.11 Å². The third kappa shape index (κ3) is 3.71. The molecular weight excluding hydrogens is 332 g/mol. The van der Waals surface area contributed by atoms with Crippen LogP contribution in [0.3, 0.4) is 0 Å². The minimum absolute atomic E-state index is 0.616. The van der Waals surface area contributed by atoms with Gasteiger partial charge in [0.15, 0.2) is 12.6 Å². The van der Waals surface area contributed by atoms with Crippen LogP contribution in [0.1, 0.15) is 0 Å². The fraction of sp³-hybridized carbons (Fsp3) is 1.00. The molecule has 0 saturated carbocycles. The van der Waals surface area contributed by atoms with Gasteiger partial charge in [-0.2, -0.15) is 0 Å². The lowest BCUT2D eigenvalue weighted by molar-refractivity contribution is -0.357. The lowest BCUT2D eigenvalue weighted by Gasteiger charge is -2.45. The van der Waals surface area contributed by atoms with E-state index in [4.69, 9.17) is 24.1 Å². The van der Waals surface area contributed by atoms with E-state index >= 15 is 0 Å². The monoisotopic (exact) mass is 356 g/mol. The second-order valence-corrected chi connectivity index (χ2v) is 5.74. The average molecular weight is 356 g/mol. The third-order valence-corrected chi connectivity index (χ3v) is 4.23. The van der Waals surface area contributed by atoms with Gasteiger partial charge in [-0.05, 0) is 0 Å². The van der Waals surface area contributed by atoms with E-state index in [9.17, 15) is 30.6 Å². The van der Waals surface area contributed by atoms with Crippen molar-refractivity contribution >= 4 is 0 Å². The minimum Gasteiger partial charge on any atom is -0.394 e. The van der Waals surface area contributed by atoms with Gasteiger partial charge < -0.3 is 54.7 Å². The molecule has 2 fully saturated rings. The fourth-order valence-corrected chi connectivity index (χ4v) is 2.80. The standard InChI is InChI=1S/C13H24O11/c1-21-11-8(18)6(16)4(2-14)23-13(11)24-10-7(17)5(3-15)22-12(20)9(10)19/h4-20H,2-3H2,1H3/t4-,5-,6+,7+,8+,9-,10+,11-,12-,13+/m1/s1. The van der Waals surface area contributed by atoms with Gasteiger partial charge in [0.05, 0.1) is 13.2 Å². The molecule has 2 aliphatic heterocycles. The maximum absolute atomic E-state index is 10.1. The number of hydrogen-bond donors (Lipinski definition) is 7. The van der Waals surface area contributed by atoms with Crippen LogP contribution in [0.4, 0.5) is 0 Å². The molecule has 0 amide bonds. The highest BCUT2D eigenvalue weighted by molar-refractivity contribution is 4.94. The Hall–Kier alpha value is -0.440. The van der Waals surface area contributed by atoms with Gasteiger partial charge >= 0.3 is 0 Å². The predicted octanol–water partition coefficient (Wildman–Crippen LogP) is -4.74. The van der Waals surface area contributed by atoms with Crippen LogP contribution >= 0.6 is 0 Å². The van der Waals surface area contributed by atoms with E-state index in [0.29, 0.717) is 0 Å². The first kappa shape index (κ1) is 19.9. The highest BCUT2D eigenvalue weighted by atomic mass is 16.7. The van der Waals surface area contributed by atoms with Crippen LogP contribution in [0.5, 0.6) is 0 Å². The van der Waals surface area contributed by atoms with E-state index in [1.54, 1.807) is 0 Å². The Kier molecular flexibility index (Phi) is 6.87. The molecule has 142 valence electrons. The number of aliphatic hydroxyl groups is 7. The quantitative estimate of drug-likeness (QED) is 0.251. The molecule has 11 nitrogen and oxygen atoms in total. The Bertz CT molecular complexity index is 396. The highest BCUT2D eigenvalue weighted by Crippen LogP contribution is 2.29. The molecule has 0 spiro atoms. The molecule has 0 radical (unpaired) electrons. The van der Waals surface area contributed by atoms with Crippen molar-refractivity contribution in [2.45, 2.75) is 61.4 Å². The maximum Gasteiger partial charge on any atom is 0.187 e. The van der Waals surface area contributed by atoms with Crippen molar-refractivity contribution in [3.05, 3.63) is 0 Å². The summed E-state index contributed by atoms with van der Waals surface area (Å²) in [7, 11) is 1.22. The summed E-state index contributed by atoms with van der Waals surface area (Å²) in [6, 6.07) is 0. The van der Waals surface area contributed by atoms with E-state index in [1.807, 2.05) is 0 Å². The predicted molar refractivity (Wildman–Crippen MR) is 73.4 cm³/mol. The molecule has 0 aromatic heterocycles. The van der Waals surface area contributed by atoms with Crippen LogP contribution in [0.25, 0.3) is 0 Å². The molecule has 7 N–H and O–H groups in total. The van der Waals surface area contributed by atoms with E-state index in [1.165, 1.54) is 7.11 Å². The van der Waals surface area contributed by atoms with Gasteiger partial charge in [-0.25, -0.2) is 0 Å². The zero-order chi connectivity index (χ0) is 18.0. The summed E-state index contributed by atoms with van der Waals surface area (Å²) in [5.41, 5.74) is 0. The van der Waals surface area contributed by atoms with Gasteiger partial charge in [0.2, 0.25) is 0 Å². The van der Waals surface area contributed by atoms with Crippen LogP contribution in [-0.4, -0.2) is 117 Å². The maximum atomic E-state index is 10.1. The van der Waals surface area contributed by atoms with E-state index < -0.39 is 74.6 Å². The zero-order valence-electron chi connectivity index (χ0n) is 13.0. The summed E-state index contributed by atoms with van der Waals surface area (Å²) in [4.78, 5) is 0. The topological polar surface area (TPSA) is 179 Å². The van der Waals surface area contributed by atoms with Crippen molar-refractivity contribution in [3.63, 3.8) is 0 Å². The molecule has 2 heterocycles. The average Bonchev–Trinajstić information content (AvgIpc) is 2.57. The molecule has 11 heteroatoms. The SMILES string of the molecule is CO[C@H]1[C@H](O[C@@H]2[C@@H](O)[C@H](O)O[C@H](CO)[C@@H]2O)O[C@H](CO)[C@H](O)[C@@H]1O. The second-order valence-electron chi connectivity index (χ2n) is 5.74. The van der Waals surface area contributed by atoms with Crippen molar-refractivity contribution in [2.75, 3.05) is 20.3 Å². The molecule has 0 bridgehead atoms. The Morgan fingerprint density at radius 2 is 1.33 bits per heavy atom. The van der Waals surface area contributed by atoms with Gasteiger partial charge in [0.25, 0.3) is 0 Å². The Balaban J connectivity index is 2.16. The van der Waals surface area contributed by atoms with Gasteiger partial charge in [-0.1, -0.05) is 0 Å². The Labute approximate surface area is 137 Å². The largest absolute Gasteiger partial charge is 0.394 e. The van der Waals surface area contributed by atoms with Crippen LogP contribution in [-0.2, 0) is 18.9 Å². The molecule has 0 aromatic rings. The zero-order valence-corrected chi connectivity index (χ0v) is 13.0. The van der Waals surface area contributed by atoms with Crippen molar-refractivity contribution in [2.24, 2.45) is 0 Å². The van der Waals surface area contributed by atoms with Crippen LogP contribution < -0.4 is 0 Å². The molecule has 0 unspecified atom stereocenters. The number of rotatable bonds is 5. The van der Waals surface area contributed by atoms with E-state index in [2.05, 4.69) is 0 Å². The van der Waals surface area contributed by atoms with Gasteiger partial charge in [-0.3, -0.25) is 0 Å². The minimum atomic E-state index is -1.72. The first-order chi connectivity index (χ1) is 11.3. The van der Waals surface area contributed by atoms with Gasteiger partial charge in [0.1, 0.15) is 48.8 Å². The lowest BCUT2D eigenvalue weighted by atomic mass is 9.97. The fourth-order valence-electron chi connectivity index (χ4n) is 2.80. The van der Waals surface area contributed by atoms with Crippen molar-refractivity contribution < 1.29 is 54.7 Å². The molecule has 0 aliphatic carbocycles. The highest BCUT2D eigenvalue weighted by Gasteiger charge is 2.50. The number of aliphatic hydroxyl groups excluding tert-OH is 7. The first-order valence-electron chi connectivity index (χ1n) is 7.46. The van der Waals surface area contributed by atoms with Gasteiger partial charge in [-0.15, -0.1) is 0 Å². The molecule has 24 heavy (non-hydrogen) atoms. The summed E-state index contributed by atoms with van der Waals surface area (Å²) in [6.45, 7) is -1.25. The van der Waals surface area contributed by atoms with E-state index in [0.717, 1.165) is 0 Å². The second kappa shape index (κ2) is 8.29. The van der Waals surface area contributed by atoms with Crippen LogP contribution in [0, 0.1) is 0 Å². The van der Waals surface area contributed by atoms with E-state index in [-0.39, 0.29) is 0 Å². The summed E-state index contributed by atoms with van der Waals surface area (Å²) < 4.78 is 20.6. The normalized spacial score (nSPS) is 50.0. The lowest BCUT2D eigenvalue weighted by Crippen LogP contribution is -2.64. The smallest absolute Gasteiger partial charge is 0.187 e. The van der Waals surface area contributed by atoms with Crippen LogP contribution in [0.15, 0.2) is 0 Å². The molecular formula is C13H24O11. The molecule has 2 rings (SSSR count). The number of hydrogen-bond acceptors (Lipinski definition) is 11. The van der Waals surface area contributed by atoms with Crippen LogP contribution in [0.2, 0.25) is 0 Å². The van der Waals surface area contributed by atoms with Crippen molar-refractivity contribution in [3.8, 4) is 0 Å². The summed E-state index contributed by atoms with van der Waals surface area (Å²) in [5, 5.41) is 67.9. The number of ether oxygens (including phenoxy) is 4. The summed E-state index contributed by atoms with van der Waals surface area (Å²) in [6.07, 6.45) is -14.2. The first-order valence-corrected chi connectivity index (χ1v) is 7.46. The Morgan fingerprint density at radius 1 is 0.750 bits per heavy atom. The Morgan fingerprint density at radius 3 is 1.88 bits per heavy atom. The van der Waals surface area contributed by atoms with Crippen molar-refractivity contribution in [1.82, 2.24) is 0 Å². The summed E-state index contributed by atoms with van der Waals surface area (Å²) >= 11 is 0. The summed E-state index contributed by atoms with van der Waals surface area (Å²) in [5.74, 6) is 0. The number of methoxy groups -OCH3 is 1. The molecule has 10 atom stereocenters.